The van der Waals surface area contributed by atoms with Crippen molar-refractivity contribution in [3.8, 4) is 0 Å². The molecule has 0 aliphatic heterocycles. The van der Waals surface area contributed by atoms with Crippen LogP contribution in [0.5, 0.6) is 0 Å². The minimum Gasteiger partial charge on any atom is -0.480 e. The van der Waals surface area contributed by atoms with Gasteiger partial charge in [0.15, 0.2) is 0 Å². The van der Waals surface area contributed by atoms with Gasteiger partial charge in [-0.1, -0.05) is 41.2 Å². The van der Waals surface area contributed by atoms with Gasteiger partial charge in [-0.25, -0.2) is 0 Å². The predicted molar refractivity (Wildman–Crippen MR) is 74.0 cm³/mol. The highest BCUT2D eigenvalue weighted by molar-refractivity contribution is 6.44. The van der Waals surface area contributed by atoms with Gasteiger partial charge in [-0.05, 0) is 25.0 Å². The van der Waals surface area contributed by atoms with Gasteiger partial charge in [0.05, 0.1) is 20.8 Å². The van der Waals surface area contributed by atoms with Crippen LogP contribution in [0.2, 0.25) is 15.1 Å². The number of rotatable bonds is 3. The fourth-order valence-electron chi connectivity index (χ4n) is 1.93. The number of anilines is 1. The van der Waals surface area contributed by atoms with Crippen molar-refractivity contribution in [2.45, 2.75) is 19.3 Å². The van der Waals surface area contributed by atoms with Gasteiger partial charge in [0.1, 0.15) is 5.41 Å². The number of carboxylic acid groups (broad SMARTS) is 1. The molecule has 1 aromatic rings. The lowest BCUT2D eigenvalue weighted by atomic mass is 9.68. The van der Waals surface area contributed by atoms with Crippen LogP contribution in [0.25, 0.3) is 0 Å². The van der Waals surface area contributed by atoms with Gasteiger partial charge < -0.3 is 10.4 Å². The minimum atomic E-state index is -1.35. The number of nitrogens with one attached hydrogen (secondary N) is 1. The highest BCUT2D eigenvalue weighted by Gasteiger charge is 2.51. The summed E-state index contributed by atoms with van der Waals surface area (Å²) in [5.74, 6) is -1.70. The zero-order valence-corrected chi connectivity index (χ0v) is 11.9. The van der Waals surface area contributed by atoms with Crippen LogP contribution in [0.1, 0.15) is 19.3 Å². The Morgan fingerprint density at radius 2 is 1.68 bits per heavy atom. The Hall–Kier alpha value is -0.970. The highest BCUT2D eigenvalue weighted by atomic mass is 35.5. The van der Waals surface area contributed by atoms with Crippen molar-refractivity contribution < 1.29 is 14.7 Å². The van der Waals surface area contributed by atoms with Gasteiger partial charge in [0, 0.05) is 0 Å². The van der Waals surface area contributed by atoms with Crippen molar-refractivity contribution in [3.63, 3.8) is 0 Å². The fraction of sp³-hybridized carbons (Fsp3) is 0.333. The summed E-state index contributed by atoms with van der Waals surface area (Å²) in [5, 5.41) is 12.4. The van der Waals surface area contributed by atoms with E-state index in [4.69, 9.17) is 39.9 Å². The third-order valence-electron chi connectivity index (χ3n) is 3.31. The maximum absolute atomic E-state index is 12.1. The van der Waals surface area contributed by atoms with Crippen LogP contribution in [0.15, 0.2) is 12.1 Å². The van der Waals surface area contributed by atoms with Crippen molar-refractivity contribution in [2.24, 2.45) is 5.41 Å². The Morgan fingerprint density at radius 3 is 2.16 bits per heavy atom. The highest BCUT2D eigenvalue weighted by Crippen LogP contribution is 2.43. The van der Waals surface area contributed by atoms with E-state index in [-0.39, 0.29) is 20.8 Å². The number of benzene rings is 1. The molecule has 1 saturated carbocycles. The van der Waals surface area contributed by atoms with Gasteiger partial charge in [-0.15, -0.1) is 0 Å². The second-order valence-corrected chi connectivity index (χ2v) is 5.66. The Labute approximate surface area is 124 Å². The monoisotopic (exact) mass is 321 g/mol. The molecule has 1 aromatic carbocycles. The molecule has 1 aliphatic carbocycles. The summed E-state index contributed by atoms with van der Waals surface area (Å²) in [5.41, 5.74) is -1.09. The lowest BCUT2D eigenvalue weighted by molar-refractivity contribution is -0.159. The Kier molecular flexibility index (Phi) is 3.95. The second kappa shape index (κ2) is 5.19. The van der Waals surface area contributed by atoms with Gasteiger partial charge in [-0.3, -0.25) is 9.59 Å². The summed E-state index contributed by atoms with van der Waals surface area (Å²) in [6, 6.07) is 2.80. The van der Waals surface area contributed by atoms with E-state index in [9.17, 15) is 9.59 Å². The number of carboxylic acids is 1. The first-order valence-corrected chi connectivity index (χ1v) is 6.69. The van der Waals surface area contributed by atoms with E-state index in [0.717, 1.165) is 6.42 Å². The molecule has 7 heteroatoms. The summed E-state index contributed by atoms with van der Waals surface area (Å²) < 4.78 is 0. The van der Waals surface area contributed by atoms with Gasteiger partial charge >= 0.3 is 5.97 Å². The summed E-state index contributed by atoms with van der Waals surface area (Å²) in [6.45, 7) is 0. The molecule has 2 N–H and O–H groups in total. The smallest absolute Gasteiger partial charge is 0.319 e. The van der Waals surface area contributed by atoms with E-state index in [1.165, 1.54) is 12.1 Å². The quantitative estimate of drug-likeness (QED) is 0.656. The molecule has 1 fully saturated rings. The molecular weight excluding hydrogens is 312 g/mol. The maximum atomic E-state index is 12.1. The average Bonchev–Trinajstić information content (AvgIpc) is 2.23. The predicted octanol–water partition coefficient (Wildman–Crippen LogP) is 3.84. The van der Waals surface area contributed by atoms with Crippen molar-refractivity contribution in [3.05, 3.63) is 27.2 Å². The molecule has 0 spiro atoms. The Morgan fingerprint density at radius 1 is 1.11 bits per heavy atom. The average molecular weight is 323 g/mol. The van der Waals surface area contributed by atoms with Crippen molar-refractivity contribution in [1.82, 2.24) is 0 Å². The zero-order valence-electron chi connectivity index (χ0n) is 9.67. The van der Waals surface area contributed by atoms with E-state index >= 15 is 0 Å². The van der Waals surface area contributed by atoms with E-state index in [1.54, 1.807) is 0 Å². The maximum Gasteiger partial charge on any atom is 0.319 e. The number of amides is 1. The molecule has 0 aromatic heterocycles. The van der Waals surface area contributed by atoms with E-state index in [2.05, 4.69) is 5.32 Å². The second-order valence-electron chi connectivity index (χ2n) is 4.44. The van der Waals surface area contributed by atoms with Crippen molar-refractivity contribution in [1.29, 1.82) is 0 Å². The van der Waals surface area contributed by atoms with Gasteiger partial charge in [0.2, 0.25) is 5.91 Å². The van der Waals surface area contributed by atoms with Crippen LogP contribution >= 0.6 is 34.8 Å². The third-order valence-corrected chi connectivity index (χ3v) is 4.34. The Balaban J connectivity index is 2.24. The number of hydrogen-bond donors (Lipinski definition) is 2. The molecule has 0 saturated heterocycles. The van der Waals surface area contributed by atoms with E-state index < -0.39 is 17.3 Å². The number of hydrogen-bond acceptors (Lipinski definition) is 2. The fourth-order valence-corrected chi connectivity index (χ4v) is 2.52. The molecule has 0 heterocycles. The SMILES string of the molecule is O=C(O)C1(C(=O)Nc2cc(Cl)c(Cl)cc2Cl)CCC1. The van der Waals surface area contributed by atoms with Crippen molar-refractivity contribution >= 4 is 52.4 Å². The minimum absolute atomic E-state index is 0.211. The molecule has 0 unspecified atom stereocenters. The van der Waals surface area contributed by atoms with Gasteiger partial charge in [-0.2, -0.15) is 0 Å². The summed E-state index contributed by atoms with van der Waals surface area (Å²) >= 11 is 17.5. The van der Waals surface area contributed by atoms with E-state index in [0.29, 0.717) is 12.8 Å². The molecular formula is C12H10Cl3NO3. The summed E-state index contributed by atoms with van der Waals surface area (Å²) in [4.78, 5) is 23.3. The first kappa shape index (κ1) is 14.4. The first-order chi connectivity index (χ1) is 8.86. The third kappa shape index (κ3) is 2.53. The molecule has 1 aliphatic rings. The Bertz CT molecular complexity index is 555. The zero-order chi connectivity index (χ0) is 14.2. The van der Waals surface area contributed by atoms with Crippen LogP contribution in [-0.4, -0.2) is 17.0 Å². The topological polar surface area (TPSA) is 66.4 Å². The normalized spacial score (nSPS) is 16.6. The summed E-state index contributed by atoms with van der Waals surface area (Å²) in [7, 11) is 0. The molecule has 0 atom stereocenters. The van der Waals surface area contributed by atoms with Crippen LogP contribution in [0.3, 0.4) is 0 Å². The number of halogens is 3. The largest absolute Gasteiger partial charge is 0.480 e. The van der Waals surface area contributed by atoms with Gasteiger partial charge in [0.25, 0.3) is 0 Å². The molecule has 2 rings (SSSR count). The molecule has 19 heavy (non-hydrogen) atoms. The molecule has 0 bridgehead atoms. The van der Waals surface area contributed by atoms with E-state index in [1.807, 2.05) is 0 Å². The standard InChI is InChI=1S/C12H10Cl3NO3/c13-6-4-8(15)9(5-7(6)14)16-10(17)12(11(18)19)2-1-3-12/h4-5H,1-3H2,(H,16,17)(H,18,19). The molecule has 4 nitrogen and oxygen atoms in total. The lowest BCUT2D eigenvalue weighted by Crippen LogP contribution is -2.48. The molecule has 1 amide bonds. The van der Waals surface area contributed by atoms with Crippen LogP contribution in [0, 0.1) is 5.41 Å². The molecule has 0 radical (unpaired) electrons. The van der Waals surface area contributed by atoms with Crippen LogP contribution < -0.4 is 5.32 Å². The van der Waals surface area contributed by atoms with Crippen LogP contribution in [-0.2, 0) is 9.59 Å². The number of aliphatic carboxylic acids is 1. The number of carbonyl (C=O) groups is 2. The van der Waals surface area contributed by atoms with Crippen LogP contribution in [0.4, 0.5) is 5.69 Å². The number of carbonyl (C=O) groups excluding carboxylic acids is 1. The first-order valence-electron chi connectivity index (χ1n) is 5.56. The lowest BCUT2D eigenvalue weighted by Gasteiger charge is -2.35. The molecule has 102 valence electrons. The van der Waals surface area contributed by atoms with Crippen molar-refractivity contribution in [2.75, 3.05) is 5.32 Å². The summed E-state index contributed by atoms with van der Waals surface area (Å²) in [6.07, 6.45) is 1.37.